The van der Waals surface area contributed by atoms with Crippen LogP contribution in [-0.4, -0.2) is 35.0 Å². The molecular weight excluding hydrogens is 443 g/mol. The molecule has 0 saturated carbocycles. The van der Waals surface area contributed by atoms with E-state index in [-0.39, 0.29) is 29.5 Å². The minimum Gasteiger partial charge on any atom is -0.350 e. The van der Waals surface area contributed by atoms with Crippen molar-refractivity contribution in [3.63, 3.8) is 0 Å². The zero-order chi connectivity index (χ0) is 18.7. The van der Waals surface area contributed by atoms with Gasteiger partial charge in [0.1, 0.15) is 5.82 Å². The summed E-state index contributed by atoms with van der Waals surface area (Å²) in [6.45, 7) is 0.191. The first-order chi connectivity index (χ1) is 12.5. The zero-order valence-corrected chi connectivity index (χ0v) is 16.4. The van der Waals surface area contributed by atoms with Crippen LogP contribution in [0.4, 0.5) is 9.18 Å². The fraction of sp³-hybridized carbons (Fsp3) is 0.118. The highest BCUT2D eigenvalue weighted by Gasteiger charge is 2.34. The van der Waals surface area contributed by atoms with E-state index in [1.54, 1.807) is 24.3 Å². The summed E-state index contributed by atoms with van der Waals surface area (Å²) in [5.41, 5.74) is 0.245. The Morgan fingerprint density at radius 1 is 1.23 bits per heavy atom. The van der Waals surface area contributed by atoms with Crippen molar-refractivity contribution in [3.8, 4) is 0 Å². The fourth-order valence-corrected chi connectivity index (χ4v) is 4.39. The van der Waals surface area contributed by atoms with Gasteiger partial charge in [0.15, 0.2) is 0 Å². The predicted molar refractivity (Wildman–Crippen MR) is 103 cm³/mol. The highest BCUT2D eigenvalue weighted by molar-refractivity contribution is 9.11. The summed E-state index contributed by atoms with van der Waals surface area (Å²) < 4.78 is 14.5. The highest BCUT2D eigenvalue weighted by atomic mass is 79.9. The first-order valence-corrected chi connectivity index (χ1v) is 9.92. The van der Waals surface area contributed by atoms with E-state index in [9.17, 15) is 18.8 Å². The molecule has 0 atom stereocenters. The average Bonchev–Trinajstić information content (AvgIpc) is 3.15. The lowest BCUT2D eigenvalue weighted by atomic mass is 10.2. The molecule has 0 radical (unpaired) electrons. The molecule has 9 heteroatoms. The monoisotopic (exact) mass is 454 g/mol. The van der Waals surface area contributed by atoms with Crippen LogP contribution in [0.25, 0.3) is 6.08 Å². The van der Waals surface area contributed by atoms with Crippen molar-refractivity contribution in [3.05, 3.63) is 61.3 Å². The minimum atomic E-state index is -0.489. The summed E-state index contributed by atoms with van der Waals surface area (Å²) in [6, 6.07) is 9.47. The Labute approximate surface area is 165 Å². The van der Waals surface area contributed by atoms with Gasteiger partial charge in [-0.2, -0.15) is 0 Å². The van der Waals surface area contributed by atoms with Gasteiger partial charge in [0, 0.05) is 18.7 Å². The smallest absolute Gasteiger partial charge is 0.293 e. The number of rotatable bonds is 5. The maximum atomic E-state index is 13.7. The summed E-state index contributed by atoms with van der Waals surface area (Å²) in [5.74, 6) is -1.22. The maximum Gasteiger partial charge on any atom is 0.293 e. The van der Waals surface area contributed by atoms with Crippen molar-refractivity contribution in [2.24, 2.45) is 0 Å². The molecule has 26 heavy (non-hydrogen) atoms. The molecule has 0 aliphatic carbocycles. The summed E-state index contributed by atoms with van der Waals surface area (Å²) in [4.78, 5) is 38.1. The van der Waals surface area contributed by atoms with Crippen LogP contribution < -0.4 is 5.32 Å². The SMILES string of the molecule is O=C(NCCN1C(=O)S/C(=C\c2ccccc2F)C1=O)c1ccc(Br)s1. The van der Waals surface area contributed by atoms with Gasteiger partial charge in [-0.25, -0.2) is 4.39 Å². The molecule has 5 nitrogen and oxygen atoms in total. The molecule has 2 heterocycles. The Kier molecular flexibility index (Phi) is 5.90. The molecule has 1 fully saturated rings. The van der Waals surface area contributed by atoms with Gasteiger partial charge in [-0.1, -0.05) is 18.2 Å². The average molecular weight is 455 g/mol. The number of carbonyl (C=O) groups is 3. The van der Waals surface area contributed by atoms with Crippen molar-refractivity contribution in [2.45, 2.75) is 0 Å². The van der Waals surface area contributed by atoms with E-state index < -0.39 is 17.0 Å². The lowest BCUT2D eigenvalue weighted by Gasteiger charge is -2.12. The van der Waals surface area contributed by atoms with Gasteiger partial charge in [0.2, 0.25) is 0 Å². The number of carbonyl (C=O) groups excluding carboxylic acids is 3. The number of hydrogen-bond acceptors (Lipinski definition) is 5. The molecule has 1 aromatic heterocycles. The van der Waals surface area contributed by atoms with E-state index in [0.717, 1.165) is 20.4 Å². The number of amides is 3. The van der Waals surface area contributed by atoms with Gasteiger partial charge in [-0.3, -0.25) is 19.3 Å². The molecule has 1 N–H and O–H groups in total. The first-order valence-electron chi connectivity index (χ1n) is 7.49. The van der Waals surface area contributed by atoms with Crippen molar-refractivity contribution in [1.29, 1.82) is 0 Å². The summed E-state index contributed by atoms with van der Waals surface area (Å²) in [7, 11) is 0. The van der Waals surface area contributed by atoms with Crippen LogP contribution in [0.5, 0.6) is 0 Å². The van der Waals surface area contributed by atoms with Crippen LogP contribution in [0.15, 0.2) is 45.1 Å². The van der Waals surface area contributed by atoms with E-state index in [2.05, 4.69) is 21.2 Å². The number of thiophene rings is 1. The van der Waals surface area contributed by atoms with Gasteiger partial charge in [-0.15, -0.1) is 11.3 Å². The molecule has 134 valence electrons. The number of nitrogens with one attached hydrogen (secondary N) is 1. The van der Waals surface area contributed by atoms with Gasteiger partial charge in [0.05, 0.1) is 13.6 Å². The maximum absolute atomic E-state index is 13.7. The molecule has 0 unspecified atom stereocenters. The van der Waals surface area contributed by atoms with Crippen molar-refractivity contribution in [2.75, 3.05) is 13.1 Å². The molecular formula is C17H12BrFN2O3S2. The number of hydrogen-bond donors (Lipinski definition) is 1. The Balaban J connectivity index is 1.61. The zero-order valence-electron chi connectivity index (χ0n) is 13.2. The van der Waals surface area contributed by atoms with Crippen molar-refractivity contribution >= 4 is 62.2 Å². The summed E-state index contributed by atoms with van der Waals surface area (Å²) >= 11 is 5.33. The van der Waals surface area contributed by atoms with E-state index in [1.807, 2.05) is 0 Å². The Morgan fingerprint density at radius 3 is 2.69 bits per heavy atom. The largest absolute Gasteiger partial charge is 0.350 e. The van der Waals surface area contributed by atoms with Gasteiger partial charge >= 0.3 is 0 Å². The van der Waals surface area contributed by atoms with Crippen molar-refractivity contribution < 1.29 is 18.8 Å². The van der Waals surface area contributed by atoms with Gasteiger partial charge < -0.3 is 5.32 Å². The van der Waals surface area contributed by atoms with E-state index in [4.69, 9.17) is 0 Å². The van der Waals surface area contributed by atoms with E-state index >= 15 is 0 Å². The minimum absolute atomic E-state index is 0.0531. The standard InChI is InChI=1S/C17H12BrFN2O3S2/c18-14-6-5-12(25-14)15(22)20-7-8-21-16(23)13(26-17(21)24)9-10-3-1-2-4-11(10)19/h1-6,9H,7-8H2,(H,20,22)/b13-9-. The van der Waals surface area contributed by atoms with E-state index in [0.29, 0.717) is 4.88 Å². The third kappa shape index (κ3) is 4.22. The number of benzene rings is 1. The summed E-state index contributed by atoms with van der Waals surface area (Å²) in [6.07, 6.45) is 1.36. The topological polar surface area (TPSA) is 66.5 Å². The normalized spacial score (nSPS) is 15.8. The Bertz CT molecular complexity index is 913. The van der Waals surface area contributed by atoms with Crippen LogP contribution in [0.2, 0.25) is 0 Å². The second kappa shape index (κ2) is 8.15. The lowest BCUT2D eigenvalue weighted by Crippen LogP contribution is -2.37. The highest BCUT2D eigenvalue weighted by Crippen LogP contribution is 2.32. The summed E-state index contributed by atoms with van der Waals surface area (Å²) in [5, 5.41) is 2.23. The number of nitrogens with zero attached hydrogens (tertiary/aromatic N) is 1. The molecule has 1 aliphatic heterocycles. The second-order valence-electron chi connectivity index (χ2n) is 5.21. The molecule has 3 rings (SSSR count). The van der Waals surface area contributed by atoms with Crippen LogP contribution in [0.3, 0.4) is 0 Å². The molecule has 3 amide bonds. The third-order valence-corrected chi connectivity index (χ3v) is 6.01. The molecule has 0 spiro atoms. The molecule has 1 saturated heterocycles. The van der Waals surface area contributed by atoms with Crippen LogP contribution >= 0.6 is 39.0 Å². The Hall–Kier alpha value is -1.97. The second-order valence-corrected chi connectivity index (χ2v) is 8.67. The molecule has 1 aliphatic rings. The van der Waals surface area contributed by atoms with Crippen molar-refractivity contribution in [1.82, 2.24) is 10.2 Å². The Morgan fingerprint density at radius 2 is 2.00 bits per heavy atom. The van der Waals surface area contributed by atoms with E-state index in [1.165, 1.54) is 29.5 Å². The third-order valence-electron chi connectivity index (χ3n) is 3.48. The fourth-order valence-electron chi connectivity index (χ4n) is 2.23. The predicted octanol–water partition coefficient (Wildman–Crippen LogP) is 4.12. The number of thioether (sulfide) groups is 1. The number of imide groups is 1. The van der Waals surface area contributed by atoms with Crippen LogP contribution in [-0.2, 0) is 4.79 Å². The molecule has 1 aromatic carbocycles. The van der Waals surface area contributed by atoms with Crippen LogP contribution in [0, 0.1) is 5.82 Å². The quantitative estimate of drug-likeness (QED) is 0.690. The molecule has 2 aromatic rings. The van der Waals surface area contributed by atoms with Gasteiger partial charge in [0.25, 0.3) is 17.1 Å². The molecule has 0 bridgehead atoms. The van der Waals surface area contributed by atoms with Crippen LogP contribution in [0.1, 0.15) is 15.2 Å². The first kappa shape index (κ1) is 18.8. The van der Waals surface area contributed by atoms with Gasteiger partial charge in [-0.05, 0) is 52.0 Å². The number of halogens is 2. The lowest BCUT2D eigenvalue weighted by molar-refractivity contribution is -0.122.